The minimum Gasteiger partial charge on any atom is -0.481 e. The summed E-state index contributed by atoms with van der Waals surface area (Å²) in [6.45, 7) is 5.52. The molecule has 0 bridgehead atoms. The van der Waals surface area contributed by atoms with Crippen LogP contribution in [0.15, 0.2) is 0 Å². The average Bonchev–Trinajstić information content (AvgIpc) is 2.21. The highest BCUT2D eigenvalue weighted by Crippen LogP contribution is 2.26. The van der Waals surface area contributed by atoms with Crippen LogP contribution in [0.2, 0.25) is 0 Å². The Hall–Kier alpha value is -1.13. The molecule has 0 aliphatic rings. The van der Waals surface area contributed by atoms with E-state index >= 15 is 0 Å². The minimum atomic E-state index is -1.07. The molecule has 0 aromatic heterocycles. The number of halogens is 1. The molecule has 0 radical (unpaired) electrons. The molecule has 0 rings (SSSR count). The van der Waals surface area contributed by atoms with Crippen molar-refractivity contribution in [3.8, 4) is 0 Å². The van der Waals surface area contributed by atoms with E-state index in [4.69, 9.17) is 5.11 Å². The average molecular weight is 234 g/mol. The van der Waals surface area contributed by atoms with E-state index in [0.29, 0.717) is 19.3 Å². The number of carbonyl (C=O) groups excluding carboxylic acids is 1. The standard InChI is InChI=1S/C11H19FO4/c1-4-5-8(10(13)14)9(6-7(2)3)11(15)16-12/h7-9H,4-6H2,1-3H3,(H,13,14)/t8-,9+/m0/s1. The number of aliphatic carboxylic acids is 1. The number of carbonyl (C=O) groups is 2. The van der Waals surface area contributed by atoms with Crippen LogP contribution in [-0.2, 0) is 14.5 Å². The third-order valence-electron chi connectivity index (χ3n) is 2.51. The maximum absolute atomic E-state index is 11.9. The van der Waals surface area contributed by atoms with Gasteiger partial charge in [-0.2, -0.15) is 0 Å². The molecule has 0 aromatic rings. The summed E-state index contributed by atoms with van der Waals surface area (Å²) >= 11 is 0. The smallest absolute Gasteiger partial charge is 0.352 e. The molecule has 4 nitrogen and oxygen atoms in total. The topological polar surface area (TPSA) is 63.6 Å². The first-order valence-corrected chi connectivity index (χ1v) is 5.49. The van der Waals surface area contributed by atoms with Gasteiger partial charge in [-0.25, -0.2) is 4.79 Å². The lowest BCUT2D eigenvalue weighted by atomic mass is 9.83. The van der Waals surface area contributed by atoms with Gasteiger partial charge >= 0.3 is 11.9 Å². The van der Waals surface area contributed by atoms with E-state index < -0.39 is 23.8 Å². The van der Waals surface area contributed by atoms with E-state index in [1.807, 2.05) is 20.8 Å². The first-order chi connectivity index (χ1) is 7.43. The number of carboxylic acids is 1. The third-order valence-corrected chi connectivity index (χ3v) is 2.51. The van der Waals surface area contributed by atoms with E-state index in [0.717, 1.165) is 0 Å². The van der Waals surface area contributed by atoms with Gasteiger partial charge in [-0.05, 0) is 18.8 Å². The Balaban J connectivity index is 4.80. The Bertz CT molecular complexity index is 240. The summed E-state index contributed by atoms with van der Waals surface area (Å²) < 4.78 is 11.9. The van der Waals surface area contributed by atoms with E-state index in [9.17, 15) is 14.1 Å². The predicted molar refractivity (Wildman–Crippen MR) is 56.2 cm³/mol. The normalized spacial score (nSPS) is 14.6. The van der Waals surface area contributed by atoms with Crippen LogP contribution < -0.4 is 0 Å². The van der Waals surface area contributed by atoms with Crippen molar-refractivity contribution in [3.05, 3.63) is 0 Å². The maximum Gasteiger partial charge on any atom is 0.352 e. The fourth-order valence-corrected chi connectivity index (χ4v) is 1.80. The van der Waals surface area contributed by atoms with Crippen molar-refractivity contribution in [1.82, 2.24) is 0 Å². The Morgan fingerprint density at radius 3 is 2.19 bits per heavy atom. The van der Waals surface area contributed by atoms with Crippen molar-refractivity contribution < 1.29 is 24.2 Å². The van der Waals surface area contributed by atoms with Gasteiger partial charge < -0.3 is 5.11 Å². The zero-order valence-electron chi connectivity index (χ0n) is 9.90. The zero-order chi connectivity index (χ0) is 12.7. The fraction of sp³-hybridized carbons (Fsp3) is 0.818. The molecule has 1 N–H and O–H groups in total. The highest BCUT2D eigenvalue weighted by Gasteiger charge is 2.35. The molecule has 0 saturated heterocycles. The molecule has 0 heterocycles. The summed E-state index contributed by atoms with van der Waals surface area (Å²) in [5.74, 6) is -3.80. The highest BCUT2D eigenvalue weighted by molar-refractivity contribution is 5.80. The summed E-state index contributed by atoms with van der Waals surface area (Å²) in [5.41, 5.74) is 0. The Kier molecular flexibility index (Phi) is 6.69. The molecule has 0 fully saturated rings. The maximum atomic E-state index is 11.9. The molecule has 0 aliphatic heterocycles. The minimum absolute atomic E-state index is 0.114. The van der Waals surface area contributed by atoms with Crippen LogP contribution in [0, 0.1) is 17.8 Å². The number of hydrogen-bond donors (Lipinski definition) is 1. The van der Waals surface area contributed by atoms with Gasteiger partial charge in [0.25, 0.3) is 0 Å². The molecular weight excluding hydrogens is 215 g/mol. The molecule has 0 amide bonds. The molecule has 0 aliphatic carbocycles. The Labute approximate surface area is 94.7 Å². The lowest BCUT2D eigenvalue weighted by Crippen LogP contribution is -2.31. The zero-order valence-corrected chi connectivity index (χ0v) is 9.90. The lowest BCUT2D eigenvalue weighted by molar-refractivity contribution is -0.193. The molecule has 0 spiro atoms. The quantitative estimate of drug-likeness (QED) is 0.735. The van der Waals surface area contributed by atoms with Gasteiger partial charge in [0.2, 0.25) is 0 Å². The molecule has 2 atom stereocenters. The van der Waals surface area contributed by atoms with E-state index in [1.165, 1.54) is 0 Å². The van der Waals surface area contributed by atoms with E-state index in [2.05, 4.69) is 4.94 Å². The summed E-state index contributed by atoms with van der Waals surface area (Å²) in [7, 11) is 0. The molecule has 0 saturated carbocycles. The SMILES string of the molecule is CCC[C@H](C(=O)O)[C@@H](CC(C)C)C(=O)OF. The molecule has 0 aromatic carbocycles. The van der Waals surface area contributed by atoms with E-state index in [-0.39, 0.29) is 5.92 Å². The van der Waals surface area contributed by atoms with Crippen molar-refractivity contribution in [2.75, 3.05) is 0 Å². The molecule has 16 heavy (non-hydrogen) atoms. The van der Waals surface area contributed by atoms with Crippen LogP contribution in [0.3, 0.4) is 0 Å². The first kappa shape index (κ1) is 14.9. The van der Waals surface area contributed by atoms with Gasteiger partial charge in [-0.3, -0.25) is 9.74 Å². The van der Waals surface area contributed by atoms with Gasteiger partial charge in [0.15, 0.2) is 0 Å². The van der Waals surface area contributed by atoms with Crippen LogP contribution in [0.5, 0.6) is 0 Å². The lowest BCUT2D eigenvalue weighted by Gasteiger charge is -2.21. The van der Waals surface area contributed by atoms with Crippen molar-refractivity contribution in [2.24, 2.45) is 17.8 Å². The van der Waals surface area contributed by atoms with Crippen LogP contribution in [0.4, 0.5) is 4.53 Å². The Morgan fingerprint density at radius 1 is 1.31 bits per heavy atom. The van der Waals surface area contributed by atoms with Crippen LogP contribution >= 0.6 is 0 Å². The van der Waals surface area contributed by atoms with E-state index in [1.54, 1.807) is 0 Å². The summed E-state index contributed by atoms with van der Waals surface area (Å²) in [6, 6.07) is 0. The van der Waals surface area contributed by atoms with Crippen molar-refractivity contribution >= 4 is 11.9 Å². The fourth-order valence-electron chi connectivity index (χ4n) is 1.80. The van der Waals surface area contributed by atoms with Crippen LogP contribution in [0.1, 0.15) is 40.0 Å². The molecular formula is C11H19FO4. The van der Waals surface area contributed by atoms with Crippen molar-refractivity contribution in [3.63, 3.8) is 0 Å². The largest absolute Gasteiger partial charge is 0.481 e. The Morgan fingerprint density at radius 2 is 1.88 bits per heavy atom. The monoisotopic (exact) mass is 234 g/mol. The van der Waals surface area contributed by atoms with Gasteiger partial charge in [0.05, 0.1) is 11.8 Å². The van der Waals surface area contributed by atoms with Crippen molar-refractivity contribution in [1.29, 1.82) is 0 Å². The first-order valence-electron chi connectivity index (χ1n) is 5.49. The molecule has 0 unspecified atom stereocenters. The van der Waals surface area contributed by atoms with Gasteiger partial charge in [0, 0.05) is 4.53 Å². The number of carboxylic acid groups (broad SMARTS) is 1. The summed E-state index contributed by atoms with van der Waals surface area (Å²) in [6.07, 6.45) is 1.30. The highest BCUT2D eigenvalue weighted by atomic mass is 19.3. The second-order valence-corrected chi connectivity index (χ2v) is 4.37. The third kappa shape index (κ3) is 4.59. The second-order valence-electron chi connectivity index (χ2n) is 4.37. The van der Waals surface area contributed by atoms with Crippen molar-refractivity contribution in [2.45, 2.75) is 40.0 Å². The van der Waals surface area contributed by atoms with Crippen LogP contribution in [-0.4, -0.2) is 17.0 Å². The molecule has 94 valence electrons. The summed E-state index contributed by atoms with van der Waals surface area (Å²) in [4.78, 5) is 25.4. The second kappa shape index (κ2) is 7.19. The predicted octanol–water partition coefficient (Wildman–Crippen LogP) is 2.58. The van der Waals surface area contributed by atoms with Gasteiger partial charge in [-0.15, -0.1) is 0 Å². The van der Waals surface area contributed by atoms with Gasteiger partial charge in [-0.1, -0.05) is 27.2 Å². The van der Waals surface area contributed by atoms with Gasteiger partial charge in [0.1, 0.15) is 0 Å². The summed E-state index contributed by atoms with van der Waals surface area (Å²) in [5, 5.41) is 9.00. The number of hydrogen-bond acceptors (Lipinski definition) is 3. The van der Waals surface area contributed by atoms with Crippen LogP contribution in [0.25, 0.3) is 0 Å². The number of rotatable bonds is 7. The molecule has 5 heteroatoms.